The first-order valence-electron chi connectivity index (χ1n) is 10.2. The van der Waals surface area contributed by atoms with Crippen LogP contribution in [0.1, 0.15) is 18.4 Å². The standard InChI is InChI=1S/C22H29N3O5S/c1-16-8-9-20(30-3)21(14-16)31(27,28)23-15-17-10-12-25(13-11-17)22(26)24-18-6-4-5-7-19(18)29-2/h4-9,14,17,23H,10-13,15H2,1-3H3,(H,24,26). The summed E-state index contributed by atoms with van der Waals surface area (Å²) >= 11 is 0. The minimum Gasteiger partial charge on any atom is -0.495 e. The molecule has 0 saturated carbocycles. The van der Waals surface area contributed by atoms with Crippen LogP contribution >= 0.6 is 0 Å². The highest BCUT2D eigenvalue weighted by Crippen LogP contribution is 2.26. The summed E-state index contributed by atoms with van der Waals surface area (Å²) in [5.41, 5.74) is 1.47. The van der Waals surface area contributed by atoms with Gasteiger partial charge in [-0.05, 0) is 55.5 Å². The molecule has 1 saturated heterocycles. The number of hydrogen-bond donors (Lipinski definition) is 2. The number of nitrogens with one attached hydrogen (secondary N) is 2. The van der Waals surface area contributed by atoms with E-state index in [1.54, 1.807) is 36.3 Å². The maximum Gasteiger partial charge on any atom is 0.321 e. The van der Waals surface area contributed by atoms with Crippen molar-refractivity contribution in [1.82, 2.24) is 9.62 Å². The van der Waals surface area contributed by atoms with Gasteiger partial charge in [-0.3, -0.25) is 0 Å². The van der Waals surface area contributed by atoms with Gasteiger partial charge in [-0.2, -0.15) is 0 Å². The van der Waals surface area contributed by atoms with Gasteiger partial charge in [0.15, 0.2) is 0 Å². The number of sulfonamides is 1. The van der Waals surface area contributed by atoms with Crippen LogP contribution in [0.25, 0.3) is 0 Å². The van der Waals surface area contributed by atoms with Crippen LogP contribution in [0, 0.1) is 12.8 Å². The summed E-state index contributed by atoms with van der Waals surface area (Å²) in [5, 5.41) is 2.88. The van der Waals surface area contributed by atoms with E-state index in [9.17, 15) is 13.2 Å². The predicted molar refractivity (Wildman–Crippen MR) is 119 cm³/mol. The molecule has 31 heavy (non-hydrogen) atoms. The molecular formula is C22H29N3O5S. The second-order valence-electron chi connectivity index (χ2n) is 7.57. The third-order valence-electron chi connectivity index (χ3n) is 5.42. The number of urea groups is 1. The number of aryl methyl sites for hydroxylation is 1. The molecule has 2 amide bonds. The summed E-state index contributed by atoms with van der Waals surface area (Å²) in [6.45, 7) is 3.27. The normalized spacial score (nSPS) is 14.9. The summed E-state index contributed by atoms with van der Waals surface area (Å²) < 4.78 is 38.7. The lowest BCUT2D eigenvalue weighted by Crippen LogP contribution is -2.43. The van der Waals surface area contributed by atoms with Crippen LogP contribution in [0.15, 0.2) is 47.4 Å². The van der Waals surface area contributed by atoms with E-state index in [0.29, 0.717) is 49.7 Å². The molecule has 8 nitrogen and oxygen atoms in total. The molecular weight excluding hydrogens is 418 g/mol. The Kier molecular flexibility index (Phi) is 7.40. The van der Waals surface area contributed by atoms with Gasteiger partial charge in [-0.25, -0.2) is 17.9 Å². The number of carbonyl (C=O) groups is 1. The SMILES string of the molecule is COc1ccccc1NC(=O)N1CCC(CNS(=O)(=O)c2cc(C)ccc2OC)CC1. The van der Waals surface area contributed by atoms with Gasteiger partial charge in [-0.15, -0.1) is 0 Å². The van der Waals surface area contributed by atoms with Crippen LogP contribution in [-0.4, -0.2) is 53.2 Å². The Morgan fingerprint density at radius 1 is 1.06 bits per heavy atom. The van der Waals surface area contributed by atoms with E-state index in [0.717, 1.165) is 5.56 Å². The van der Waals surface area contributed by atoms with E-state index < -0.39 is 10.0 Å². The number of rotatable bonds is 7. The Morgan fingerprint density at radius 3 is 2.42 bits per heavy atom. The molecule has 0 unspecified atom stereocenters. The molecule has 2 aromatic rings. The number of methoxy groups -OCH3 is 2. The molecule has 2 N–H and O–H groups in total. The Labute approximate surface area is 183 Å². The summed E-state index contributed by atoms with van der Waals surface area (Å²) in [4.78, 5) is 14.5. The summed E-state index contributed by atoms with van der Waals surface area (Å²) in [6, 6.07) is 12.1. The summed E-state index contributed by atoms with van der Waals surface area (Å²) in [5.74, 6) is 1.08. The van der Waals surface area contributed by atoms with Crippen LogP contribution in [0.5, 0.6) is 11.5 Å². The lowest BCUT2D eigenvalue weighted by atomic mass is 9.97. The van der Waals surface area contributed by atoms with Crippen LogP contribution in [0.2, 0.25) is 0 Å². The Hall–Kier alpha value is -2.78. The highest BCUT2D eigenvalue weighted by molar-refractivity contribution is 7.89. The molecule has 1 aliphatic rings. The van der Waals surface area contributed by atoms with Crippen LogP contribution in [0.4, 0.5) is 10.5 Å². The van der Waals surface area contributed by atoms with Gasteiger partial charge in [0.1, 0.15) is 16.4 Å². The Bertz CT molecular complexity index is 1020. The van der Waals surface area contributed by atoms with Crippen molar-refractivity contribution in [3.8, 4) is 11.5 Å². The third-order valence-corrected chi connectivity index (χ3v) is 6.87. The van der Waals surface area contributed by atoms with Crippen molar-refractivity contribution in [3.63, 3.8) is 0 Å². The largest absolute Gasteiger partial charge is 0.495 e. The van der Waals surface area contributed by atoms with Gasteiger partial charge in [-0.1, -0.05) is 18.2 Å². The van der Waals surface area contributed by atoms with Crippen LogP contribution in [-0.2, 0) is 10.0 Å². The van der Waals surface area contributed by atoms with Gasteiger partial charge in [0.05, 0.1) is 19.9 Å². The predicted octanol–water partition coefficient (Wildman–Crippen LogP) is 3.23. The molecule has 0 radical (unpaired) electrons. The third kappa shape index (κ3) is 5.68. The molecule has 168 valence electrons. The van der Waals surface area contributed by atoms with Crippen molar-refractivity contribution < 1.29 is 22.7 Å². The molecule has 9 heteroatoms. The van der Waals surface area contributed by atoms with Gasteiger partial charge in [0.25, 0.3) is 0 Å². The van der Waals surface area contributed by atoms with E-state index in [1.807, 2.05) is 25.1 Å². The fourth-order valence-corrected chi connectivity index (χ4v) is 4.95. The van der Waals surface area contributed by atoms with E-state index in [1.165, 1.54) is 7.11 Å². The molecule has 0 spiro atoms. The summed E-state index contributed by atoms with van der Waals surface area (Å²) in [6.07, 6.45) is 1.43. The van der Waals surface area contributed by atoms with Crippen LogP contribution < -0.4 is 19.5 Å². The van der Waals surface area contributed by atoms with E-state index in [4.69, 9.17) is 9.47 Å². The highest BCUT2D eigenvalue weighted by atomic mass is 32.2. The van der Waals surface area contributed by atoms with Gasteiger partial charge >= 0.3 is 6.03 Å². The van der Waals surface area contributed by atoms with Crippen molar-refractivity contribution in [2.75, 3.05) is 39.2 Å². The van der Waals surface area contributed by atoms with Gasteiger partial charge in [0, 0.05) is 19.6 Å². The zero-order valence-electron chi connectivity index (χ0n) is 18.1. The second-order valence-corrected chi connectivity index (χ2v) is 9.30. The van der Waals surface area contributed by atoms with E-state index in [-0.39, 0.29) is 16.8 Å². The lowest BCUT2D eigenvalue weighted by molar-refractivity contribution is 0.183. The second kappa shape index (κ2) is 10.0. The Morgan fingerprint density at radius 2 is 1.74 bits per heavy atom. The first kappa shape index (κ1) is 22.9. The number of benzene rings is 2. The number of likely N-dealkylation sites (tertiary alicyclic amines) is 1. The molecule has 0 bridgehead atoms. The maximum atomic E-state index is 12.8. The minimum atomic E-state index is -3.68. The zero-order chi connectivity index (χ0) is 22.4. The monoisotopic (exact) mass is 447 g/mol. The molecule has 0 aliphatic carbocycles. The number of carbonyl (C=O) groups excluding carboxylic acids is 1. The summed E-state index contributed by atoms with van der Waals surface area (Å²) in [7, 11) is -0.672. The number of nitrogens with zero attached hydrogens (tertiary/aromatic N) is 1. The first-order valence-corrected chi connectivity index (χ1v) is 11.7. The first-order chi connectivity index (χ1) is 14.8. The number of hydrogen-bond acceptors (Lipinski definition) is 5. The number of ether oxygens (including phenoxy) is 2. The zero-order valence-corrected chi connectivity index (χ0v) is 18.9. The van der Waals surface area contributed by atoms with Gasteiger partial charge in [0.2, 0.25) is 10.0 Å². The molecule has 1 aliphatic heterocycles. The van der Waals surface area contributed by atoms with E-state index in [2.05, 4.69) is 10.0 Å². The van der Waals surface area contributed by atoms with Crippen molar-refractivity contribution in [1.29, 1.82) is 0 Å². The maximum absolute atomic E-state index is 12.8. The number of piperidine rings is 1. The number of anilines is 1. The van der Waals surface area contributed by atoms with Crippen molar-refractivity contribution in [3.05, 3.63) is 48.0 Å². The molecule has 3 rings (SSSR count). The fraction of sp³-hybridized carbons (Fsp3) is 0.409. The molecule has 2 aromatic carbocycles. The van der Waals surface area contributed by atoms with Crippen molar-refractivity contribution in [2.45, 2.75) is 24.7 Å². The average molecular weight is 448 g/mol. The van der Waals surface area contributed by atoms with Gasteiger partial charge < -0.3 is 19.7 Å². The minimum absolute atomic E-state index is 0.142. The lowest BCUT2D eigenvalue weighted by Gasteiger charge is -2.32. The quantitative estimate of drug-likeness (QED) is 0.679. The highest BCUT2D eigenvalue weighted by Gasteiger charge is 2.26. The van der Waals surface area contributed by atoms with Crippen molar-refractivity contribution >= 4 is 21.7 Å². The van der Waals surface area contributed by atoms with E-state index >= 15 is 0 Å². The molecule has 1 heterocycles. The number of amides is 2. The smallest absolute Gasteiger partial charge is 0.321 e. The average Bonchev–Trinajstić information content (AvgIpc) is 2.78. The van der Waals surface area contributed by atoms with Crippen molar-refractivity contribution in [2.24, 2.45) is 5.92 Å². The Balaban J connectivity index is 1.53. The number of para-hydroxylation sites is 2. The molecule has 0 atom stereocenters. The molecule has 1 fully saturated rings. The molecule has 0 aromatic heterocycles. The topological polar surface area (TPSA) is 97.0 Å². The van der Waals surface area contributed by atoms with Crippen LogP contribution in [0.3, 0.4) is 0 Å². The fourth-order valence-electron chi connectivity index (χ4n) is 3.58.